The first-order valence-corrected chi connectivity index (χ1v) is 26.0. The molecule has 7 aromatic carbocycles. The predicted molar refractivity (Wildman–Crippen MR) is 270 cm³/mol. The predicted octanol–water partition coefficient (Wildman–Crippen LogP) is 9.63. The van der Waals surface area contributed by atoms with Gasteiger partial charge in [-0.1, -0.05) is 109 Å². The molecule has 0 atom stereocenters. The highest BCUT2D eigenvalue weighted by Gasteiger charge is 2.48. The van der Waals surface area contributed by atoms with Crippen molar-refractivity contribution >= 4 is 46.4 Å². The first-order valence-electron chi connectivity index (χ1n) is 22.1. The van der Waals surface area contributed by atoms with Gasteiger partial charge in [0.05, 0.1) is 68.6 Å². The quantitative estimate of drug-likeness (QED) is 0.0432. The molecular formula is C56H66N2O2P2+4. The van der Waals surface area contributed by atoms with E-state index >= 15 is 0 Å². The van der Waals surface area contributed by atoms with Crippen molar-refractivity contribution in [2.75, 3.05) is 68.6 Å². The van der Waals surface area contributed by atoms with Crippen molar-refractivity contribution in [1.29, 1.82) is 0 Å². The third-order valence-corrected chi connectivity index (χ3v) is 20.4. The molecule has 0 amide bonds. The number of ether oxygens (including phenoxy) is 2. The standard InChI is InChI=1S/C56H66N2O2P2/c1-57(2,3)39-25-41-59-55-43-48(46-62(52-33-19-10-20-34-52,53-35-21-11-22-36-53)54-37-23-12-24-38-54)56(60-42-26-40-58(4,5)6)44-47(55)45-61(49-27-13-7-14-28-49,50-29-15-8-16-30-50)51-31-17-9-18-32-51/h7-24,27-38,43-44H,25-26,39-42,45-46H2,1-6H3/q+4. The fourth-order valence-electron chi connectivity index (χ4n) is 8.65. The van der Waals surface area contributed by atoms with Crippen LogP contribution in [0.4, 0.5) is 0 Å². The summed E-state index contributed by atoms with van der Waals surface area (Å²) in [6.07, 6.45) is 3.49. The van der Waals surface area contributed by atoms with Gasteiger partial charge in [0.1, 0.15) is 70.2 Å². The lowest BCUT2D eigenvalue weighted by molar-refractivity contribution is -0.870. The molecule has 7 rings (SSSR count). The van der Waals surface area contributed by atoms with Crippen LogP contribution in [0.15, 0.2) is 194 Å². The fourth-order valence-corrected chi connectivity index (χ4v) is 17.1. The zero-order valence-corrected chi connectivity index (χ0v) is 39.5. The summed E-state index contributed by atoms with van der Waals surface area (Å²) in [4.78, 5) is 0. The van der Waals surface area contributed by atoms with Gasteiger partial charge in [0.15, 0.2) is 0 Å². The van der Waals surface area contributed by atoms with E-state index in [1.165, 1.54) is 43.0 Å². The molecule has 0 unspecified atom stereocenters. The minimum absolute atomic E-state index is 0.634. The van der Waals surface area contributed by atoms with Crippen LogP contribution in [0.2, 0.25) is 0 Å². The van der Waals surface area contributed by atoms with Gasteiger partial charge in [-0.15, -0.1) is 0 Å². The molecule has 0 aliphatic heterocycles. The summed E-state index contributed by atoms with van der Waals surface area (Å²) in [6, 6.07) is 72.0. The number of hydrogen-bond acceptors (Lipinski definition) is 2. The second kappa shape index (κ2) is 20.4. The number of quaternary nitrogens is 2. The molecule has 4 nitrogen and oxygen atoms in total. The van der Waals surface area contributed by atoms with Crippen LogP contribution in [0.25, 0.3) is 0 Å². The maximum atomic E-state index is 7.15. The summed E-state index contributed by atoms with van der Waals surface area (Å²) >= 11 is 0. The molecule has 62 heavy (non-hydrogen) atoms. The average molecular weight is 861 g/mol. The van der Waals surface area contributed by atoms with E-state index < -0.39 is 14.5 Å². The van der Waals surface area contributed by atoms with Crippen molar-refractivity contribution in [3.8, 4) is 11.5 Å². The lowest BCUT2D eigenvalue weighted by atomic mass is 10.1. The van der Waals surface area contributed by atoms with Crippen molar-refractivity contribution in [2.24, 2.45) is 0 Å². The van der Waals surface area contributed by atoms with Crippen molar-refractivity contribution in [1.82, 2.24) is 0 Å². The van der Waals surface area contributed by atoms with E-state index in [2.05, 4.69) is 236 Å². The van der Waals surface area contributed by atoms with Crippen LogP contribution in [0.3, 0.4) is 0 Å². The molecule has 0 spiro atoms. The third kappa shape index (κ3) is 10.9. The number of rotatable bonds is 20. The normalized spacial score (nSPS) is 12.2. The lowest BCUT2D eigenvalue weighted by Crippen LogP contribution is -2.36. The Hall–Kier alpha value is -5.08. The van der Waals surface area contributed by atoms with Crippen LogP contribution >= 0.6 is 14.5 Å². The van der Waals surface area contributed by atoms with Crippen molar-refractivity contribution in [3.63, 3.8) is 0 Å². The molecule has 6 heteroatoms. The maximum Gasteiger partial charge on any atom is 0.126 e. The molecule has 0 aromatic heterocycles. The van der Waals surface area contributed by atoms with Crippen LogP contribution in [-0.4, -0.2) is 77.6 Å². The van der Waals surface area contributed by atoms with Gasteiger partial charge in [0.25, 0.3) is 0 Å². The van der Waals surface area contributed by atoms with E-state index in [9.17, 15) is 0 Å². The largest absolute Gasteiger partial charge is 0.493 e. The van der Waals surface area contributed by atoms with Gasteiger partial charge in [0, 0.05) is 24.0 Å². The summed E-state index contributed by atoms with van der Waals surface area (Å²) in [7, 11) is 8.99. The lowest BCUT2D eigenvalue weighted by Gasteiger charge is -2.30. The molecular weight excluding hydrogens is 795 g/mol. The van der Waals surface area contributed by atoms with Crippen LogP contribution in [0, 0.1) is 0 Å². The molecule has 0 aliphatic rings. The second-order valence-electron chi connectivity index (χ2n) is 18.4. The Bertz CT molecular complexity index is 2050. The monoisotopic (exact) mass is 860 g/mol. The number of hydrogen-bond donors (Lipinski definition) is 0. The maximum absolute atomic E-state index is 7.15. The van der Waals surface area contributed by atoms with E-state index in [0.717, 1.165) is 58.7 Å². The van der Waals surface area contributed by atoms with Gasteiger partial charge in [-0.3, -0.25) is 0 Å². The molecule has 0 fully saturated rings. The van der Waals surface area contributed by atoms with Gasteiger partial charge in [-0.25, -0.2) is 0 Å². The SMILES string of the molecule is C[N+](C)(C)CCCOc1cc(C[P+](c2ccccc2)(c2ccccc2)c2ccccc2)c(OCCC[N+](C)(C)C)cc1C[P+](c1ccccc1)(c1ccccc1)c1ccccc1. The molecule has 0 saturated heterocycles. The first-order chi connectivity index (χ1) is 30.0. The fraction of sp³-hybridized carbons (Fsp3) is 0.250. The molecule has 0 bridgehead atoms. The Labute approximate surface area is 373 Å². The van der Waals surface area contributed by atoms with E-state index in [-0.39, 0.29) is 0 Å². The van der Waals surface area contributed by atoms with E-state index in [4.69, 9.17) is 9.47 Å². The minimum Gasteiger partial charge on any atom is -0.493 e. The summed E-state index contributed by atoms with van der Waals surface area (Å²) in [5.74, 6) is 1.92. The van der Waals surface area contributed by atoms with Gasteiger partial charge < -0.3 is 18.4 Å². The van der Waals surface area contributed by atoms with Crippen molar-refractivity contribution in [2.45, 2.75) is 25.2 Å². The van der Waals surface area contributed by atoms with Gasteiger partial charge in [-0.05, 0) is 84.9 Å². The third-order valence-electron chi connectivity index (χ3n) is 11.7. The van der Waals surface area contributed by atoms with E-state index in [1.807, 2.05) is 0 Å². The molecule has 0 N–H and O–H groups in total. The number of benzene rings is 7. The smallest absolute Gasteiger partial charge is 0.126 e. The Morgan fingerprint density at radius 2 is 0.565 bits per heavy atom. The van der Waals surface area contributed by atoms with Crippen LogP contribution in [0.1, 0.15) is 24.0 Å². The Morgan fingerprint density at radius 1 is 0.339 bits per heavy atom. The zero-order valence-electron chi connectivity index (χ0n) is 37.7. The van der Waals surface area contributed by atoms with Crippen LogP contribution < -0.4 is 41.3 Å². The van der Waals surface area contributed by atoms with E-state index in [1.54, 1.807) is 0 Å². The van der Waals surface area contributed by atoms with Gasteiger partial charge in [0.2, 0.25) is 0 Å². The minimum atomic E-state index is -2.28. The summed E-state index contributed by atoms with van der Waals surface area (Å²) in [5.41, 5.74) is 2.38. The van der Waals surface area contributed by atoms with E-state index in [0.29, 0.717) is 13.2 Å². The summed E-state index contributed by atoms with van der Waals surface area (Å²) in [5, 5.41) is 8.11. The molecule has 0 heterocycles. The van der Waals surface area contributed by atoms with Crippen LogP contribution in [0.5, 0.6) is 11.5 Å². The van der Waals surface area contributed by atoms with Gasteiger partial charge in [-0.2, -0.15) is 0 Å². The molecule has 0 radical (unpaired) electrons. The Kier molecular flexibility index (Phi) is 14.8. The number of nitrogens with zero attached hydrogens (tertiary/aromatic N) is 2. The van der Waals surface area contributed by atoms with Gasteiger partial charge >= 0.3 is 0 Å². The summed E-state index contributed by atoms with van der Waals surface area (Å²) < 4.78 is 16.1. The van der Waals surface area contributed by atoms with Crippen molar-refractivity contribution in [3.05, 3.63) is 205 Å². The molecule has 7 aromatic rings. The zero-order chi connectivity index (χ0) is 43.5. The highest BCUT2D eigenvalue weighted by atomic mass is 31.2. The molecule has 0 aliphatic carbocycles. The average Bonchev–Trinajstić information content (AvgIpc) is 3.29. The summed E-state index contributed by atoms with van der Waals surface area (Å²) in [6.45, 7) is 3.32. The Morgan fingerprint density at radius 3 is 0.774 bits per heavy atom. The van der Waals surface area contributed by atoms with Crippen molar-refractivity contribution < 1.29 is 18.4 Å². The highest BCUT2D eigenvalue weighted by molar-refractivity contribution is 7.95. The second-order valence-corrected chi connectivity index (χ2v) is 25.4. The molecule has 318 valence electrons. The molecule has 0 saturated carbocycles. The highest BCUT2D eigenvalue weighted by Crippen LogP contribution is 2.62. The topological polar surface area (TPSA) is 18.5 Å². The van der Waals surface area contributed by atoms with Crippen LogP contribution in [-0.2, 0) is 12.3 Å². The Balaban J connectivity index is 1.47. The first kappa shape index (κ1) is 45.0.